The van der Waals surface area contributed by atoms with Crippen LogP contribution in [0.4, 0.5) is 0 Å². The molecule has 0 aromatic carbocycles. The lowest BCUT2D eigenvalue weighted by Crippen LogP contribution is -2.47. The molecule has 1 unspecified atom stereocenters. The number of carbonyl (C=O) groups is 1. The molecule has 1 rings (SSSR count). The summed E-state index contributed by atoms with van der Waals surface area (Å²) < 4.78 is 29.2. The first-order chi connectivity index (χ1) is 7.28. The molecule has 94 valence electrons. The van der Waals surface area contributed by atoms with E-state index in [0.717, 1.165) is 4.31 Å². The molecule has 1 fully saturated rings. The van der Waals surface area contributed by atoms with Gasteiger partial charge in [0.15, 0.2) is 0 Å². The van der Waals surface area contributed by atoms with Gasteiger partial charge in [-0.3, -0.25) is 4.79 Å². The average Bonchev–Trinajstić information content (AvgIpc) is 2.97. The molecular weight excluding hydrogens is 234 g/mol. The van der Waals surface area contributed by atoms with E-state index in [9.17, 15) is 13.2 Å². The van der Waals surface area contributed by atoms with Crippen molar-refractivity contribution in [2.75, 3.05) is 20.8 Å². The minimum atomic E-state index is -3.61. The normalized spacial score (nSPS) is 20.8. The lowest BCUT2D eigenvalue weighted by molar-refractivity contribution is -0.140. The van der Waals surface area contributed by atoms with Crippen LogP contribution in [0.1, 0.15) is 19.8 Å². The summed E-state index contributed by atoms with van der Waals surface area (Å²) in [6.45, 7) is 1.47. The summed E-state index contributed by atoms with van der Waals surface area (Å²) in [6.07, 6.45) is 1.06. The van der Waals surface area contributed by atoms with E-state index in [1.54, 1.807) is 0 Å². The van der Waals surface area contributed by atoms with Crippen LogP contribution < -0.4 is 0 Å². The molecule has 0 bridgehead atoms. The zero-order valence-electron chi connectivity index (χ0n) is 9.63. The summed E-state index contributed by atoms with van der Waals surface area (Å²) in [5.41, 5.74) is 0. The van der Waals surface area contributed by atoms with Crippen molar-refractivity contribution < 1.29 is 23.1 Å². The zero-order chi connectivity index (χ0) is 12.6. The molecule has 0 aromatic heterocycles. The first-order valence-corrected chi connectivity index (χ1v) is 6.42. The van der Waals surface area contributed by atoms with Crippen LogP contribution in [0.3, 0.4) is 0 Å². The van der Waals surface area contributed by atoms with Crippen molar-refractivity contribution in [1.29, 1.82) is 0 Å². The number of likely N-dealkylation sites (N-methyl/N-ethyl adjacent to an activating group) is 1. The van der Waals surface area contributed by atoms with Crippen LogP contribution in [0.2, 0.25) is 0 Å². The van der Waals surface area contributed by atoms with Gasteiger partial charge in [0.1, 0.15) is 10.8 Å². The zero-order valence-corrected chi connectivity index (χ0v) is 10.5. The molecule has 0 spiro atoms. The lowest BCUT2D eigenvalue weighted by atomic mass is 10.4. The van der Waals surface area contributed by atoms with E-state index in [2.05, 4.69) is 0 Å². The second kappa shape index (κ2) is 4.31. The Hall–Kier alpha value is -0.660. The van der Waals surface area contributed by atoms with Gasteiger partial charge in [0.05, 0.1) is 6.61 Å². The largest absolute Gasteiger partial charge is 0.480 e. The summed E-state index contributed by atoms with van der Waals surface area (Å²) in [4.78, 5) is 10.8. The van der Waals surface area contributed by atoms with Crippen LogP contribution in [0.15, 0.2) is 0 Å². The monoisotopic (exact) mass is 251 g/mol. The summed E-state index contributed by atoms with van der Waals surface area (Å²) in [6, 6.07) is -1.06. The van der Waals surface area contributed by atoms with Crippen molar-refractivity contribution in [2.45, 2.75) is 30.6 Å². The predicted molar refractivity (Wildman–Crippen MR) is 57.6 cm³/mol. The third kappa shape index (κ3) is 2.07. The topological polar surface area (TPSA) is 83.9 Å². The molecule has 0 aromatic rings. The molecule has 1 atom stereocenters. The number of methoxy groups -OCH3 is 1. The second-order valence-corrected chi connectivity index (χ2v) is 6.54. The van der Waals surface area contributed by atoms with Crippen LogP contribution in [0.25, 0.3) is 0 Å². The van der Waals surface area contributed by atoms with Crippen molar-refractivity contribution in [1.82, 2.24) is 4.31 Å². The Kier molecular flexibility index (Phi) is 3.61. The number of ether oxygens (including phenoxy) is 1. The minimum absolute atomic E-state index is 0.117. The van der Waals surface area contributed by atoms with Crippen LogP contribution >= 0.6 is 0 Å². The first-order valence-electron chi connectivity index (χ1n) is 4.98. The van der Waals surface area contributed by atoms with E-state index in [0.29, 0.717) is 12.8 Å². The number of nitrogens with zero attached hydrogens (tertiary/aromatic N) is 1. The summed E-state index contributed by atoms with van der Waals surface area (Å²) in [5, 5.41) is 8.79. The number of rotatable bonds is 6. The Morgan fingerprint density at radius 2 is 2.06 bits per heavy atom. The number of carboxylic acids is 1. The smallest absolute Gasteiger partial charge is 0.321 e. The van der Waals surface area contributed by atoms with E-state index in [1.165, 1.54) is 21.1 Å². The molecule has 1 aliphatic carbocycles. The van der Waals surface area contributed by atoms with Gasteiger partial charge in [-0.2, -0.15) is 4.31 Å². The molecule has 16 heavy (non-hydrogen) atoms. The van der Waals surface area contributed by atoms with Gasteiger partial charge in [-0.05, 0) is 19.8 Å². The van der Waals surface area contributed by atoms with Gasteiger partial charge in [-0.1, -0.05) is 0 Å². The molecule has 7 heteroatoms. The summed E-state index contributed by atoms with van der Waals surface area (Å²) >= 11 is 0. The molecular formula is C9H17NO5S. The number of hydrogen-bond donors (Lipinski definition) is 1. The van der Waals surface area contributed by atoms with E-state index in [4.69, 9.17) is 9.84 Å². The second-order valence-electron chi connectivity index (χ2n) is 4.15. The van der Waals surface area contributed by atoms with Crippen molar-refractivity contribution in [2.24, 2.45) is 0 Å². The number of carboxylic acid groups (broad SMARTS) is 1. The van der Waals surface area contributed by atoms with Gasteiger partial charge in [0.2, 0.25) is 10.0 Å². The van der Waals surface area contributed by atoms with Crippen molar-refractivity contribution in [3.05, 3.63) is 0 Å². The number of sulfonamides is 1. The third-order valence-corrected chi connectivity index (χ3v) is 5.74. The molecule has 0 aliphatic heterocycles. The van der Waals surface area contributed by atoms with E-state index in [1.807, 2.05) is 0 Å². The highest BCUT2D eigenvalue weighted by molar-refractivity contribution is 7.90. The standard InChI is InChI=1S/C9H17NO5S/c1-7(8(11)12)10(2)16(13,14)9(4-5-9)6-15-3/h7H,4-6H2,1-3H3,(H,11,12). The Morgan fingerprint density at radius 3 is 2.38 bits per heavy atom. The molecule has 0 amide bonds. The Bertz CT molecular complexity index is 373. The van der Waals surface area contributed by atoms with Crippen LogP contribution in [0.5, 0.6) is 0 Å². The van der Waals surface area contributed by atoms with Gasteiger partial charge >= 0.3 is 5.97 Å². The molecule has 6 nitrogen and oxygen atoms in total. The lowest BCUT2D eigenvalue weighted by Gasteiger charge is -2.26. The highest BCUT2D eigenvalue weighted by atomic mass is 32.2. The first kappa shape index (κ1) is 13.4. The molecule has 1 aliphatic rings. The highest BCUT2D eigenvalue weighted by Crippen LogP contribution is 2.45. The SMILES string of the molecule is COCC1(S(=O)(=O)N(C)C(C)C(=O)O)CC1. The quantitative estimate of drug-likeness (QED) is 0.712. The Labute approximate surface area is 95.2 Å². The van der Waals surface area contributed by atoms with Gasteiger partial charge in [0.25, 0.3) is 0 Å². The fraction of sp³-hybridized carbons (Fsp3) is 0.889. The van der Waals surface area contributed by atoms with E-state index >= 15 is 0 Å². The van der Waals surface area contributed by atoms with E-state index in [-0.39, 0.29) is 6.61 Å². The third-order valence-electron chi connectivity index (χ3n) is 3.04. The number of hydrogen-bond acceptors (Lipinski definition) is 4. The van der Waals surface area contributed by atoms with E-state index < -0.39 is 26.8 Å². The van der Waals surface area contributed by atoms with Crippen molar-refractivity contribution in [3.8, 4) is 0 Å². The molecule has 0 radical (unpaired) electrons. The maximum atomic E-state index is 12.1. The van der Waals surface area contributed by atoms with Crippen LogP contribution in [-0.2, 0) is 19.6 Å². The van der Waals surface area contributed by atoms with Crippen LogP contribution in [-0.4, -0.2) is 55.4 Å². The maximum Gasteiger partial charge on any atom is 0.321 e. The molecule has 1 saturated carbocycles. The number of aliphatic carboxylic acids is 1. The predicted octanol–water partition coefficient (Wildman–Crippen LogP) is -0.0999. The Morgan fingerprint density at radius 1 is 1.56 bits per heavy atom. The maximum absolute atomic E-state index is 12.1. The summed E-state index contributed by atoms with van der Waals surface area (Å²) in [5.74, 6) is -1.15. The average molecular weight is 251 g/mol. The highest BCUT2D eigenvalue weighted by Gasteiger charge is 2.57. The van der Waals surface area contributed by atoms with Gasteiger partial charge in [0, 0.05) is 14.2 Å². The fourth-order valence-corrected chi connectivity index (χ4v) is 3.55. The van der Waals surface area contributed by atoms with Gasteiger partial charge in [-0.15, -0.1) is 0 Å². The molecule has 0 saturated heterocycles. The Balaban J connectivity index is 2.90. The minimum Gasteiger partial charge on any atom is -0.480 e. The summed E-state index contributed by atoms with van der Waals surface area (Å²) in [7, 11) is -0.870. The fourth-order valence-electron chi connectivity index (χ4n) is 1.55. The van der Waals surface area contributed by atoms with Crippen molar-refractivity contribution >= 4 is 16.0 Å². The van der Waals surface area contributed by atoms with Gasteiger partial charge in [-0.25, -0.2) is 8.42 Å². The molecule has 0 heterocycles. The van der Waals surface area contributed by atoms with Crippen molar-refractivity contribution in [3.63, 3.8) is 0 Å². The molecule has 1 N–H and O–H groups in total. The van der Waals surface area contributed by atoms with Crippen LogP contribution in [0, 0.1) is 0 Å². The van der Waals surface area contributed by atoms with Gasteiger partial charge < -0.3 is 9.84 Å².